The Morgan fingerprint density at radius 1 is 1.31 bits per heavy atom. The predicted octanol–water partition coefficient (Wildman–Crippen LogP) is 3.52. The first kappa shape index (κ1) is 18.2. The summed E-state index contributed by atoms with van der Waals surface area (Å²) in [5, 5.41) is 7.66. The van der Waals surface area contributed by atoms with Crippen LogP contribution in [0.15, 0.2) is 41.2 Å². The lowest BCUT2D eigenvalue weighted by atomic mass is 10.0. The highest BCUT2D eigenvalue weighted by molar-refractivity contribution is 6.30. The first-order chi connectivity index (χ1) is 12.5. The Morgan fingerprint density at radius 3 is 2.62 bits per heavy atom. The zero-order chi connectivity index (χ0) is 18.7. The van der Waals surface area contributed by atoms with E-state index in [-0.39, 0.29) is 11.9 Å². The number of carbonyl (C=O) groups is 1. The van der Waals surface area contributed by atoms with Crippen molar-refractivity contribution in [2.45, 2.75) is 32.7 Å². The zero-order valence-corrected chi connectivity index (χ0v) is 15.7. The summed E-state index contributed by atoms with van der Waals surface area (Å²) in [6.07, 6.45) is 4.50. The van der Waals surface area contributed by atoms with E-state index in [1.807, 2.05) is 55.9 Å². The summed E-state index contributed by atoms with van der Waals surface area (Å²) in [7, 11) is 1.90. The fraction of sp³-hybridized carbons (Fsp3) is 0.316. The van der Waals surface area contributed by atoms with Gasteiger partial charge in [-0.15, -0.1) is 0 Å². The summed E-state index contributed by atoms with van der Waals surface area (Å²) in [6, 6.07) is 7.07. The van der Waals surface area contributed by atoms with Crippen molar-refractivity contribution in [3.8, 4) is 0 Å². The molecule has 0 aliphatic heterocycles. The van der Waals surface area contributed by atoms with Crippen LogP contribution < -0.4 is 5.32 Å². The summed E-state index contributed by atoms with van der Waals surface area (Å²) in [6.45, 7) is 3.74. The van der Waals surface area contributed by atoms with Gasteiger partial charge in [0, 0.05) is 36.4 Å². The first-order valence-corrected chi connectivity index (χ1v) is 8.77. The average Bonchev–Trinajstić information content (AvgIpc) is 3.17. The number of nitrogens with zero attached hydrogens (tertiary/aromatic N) is 3. The molecule has 0 saturated carbocycles. The molecule has 7 heteroatoms. The lowest BCUT2D eigenvalue weighted by Gasteiger charge is -2.19. The maximum Gasteiger partial charge on any atom is 0.221 e. The molecule has 3 aromatic rings. The fourth-order valence-electron chi connectivity index (χ4n) is 2.94. The van der Waals surface area contributed by atoms with Crippen molar-refractivity contribution in [3.05, 3.63) is 70.1 Å². The molecule has 2 aromatic heterocycles. The molecule has 0 radical (unpaired) electrons. The molecule has 26 heavy (non-hydrogen) atoms. The van der Waals surface area contributed by atoms with Gasteiger partial charge in [0.2, 0.25) is 5.91 Å². The number of rotatable bonds is 6. The van der Waals surface area contributed by atoms with E-state index in [0.717, 1.165) is 28.4 Å². The Labute approximate surface area is 157 Å². The molecule has 136 valence electrons. The van der Waals surface area contributed by atoms with Gasteiger partial charge in [-0.05, 0) is 38.0 Å². The largest absolute Gasteiger partial charge is 0.361 e. The highest BCUT2D eigenvalue weighted by atomic mass is 35.5. The summed E-state index contributed by atoms with van der Waals surface area (Å²) in [4.78, 5) is 17.0. The van der Waals surface area contributed by atoms with Crippen molar-refractivity contribution in [2.75, 3.05) is 0 Å². The van der Waals surface area contributed by atoms with Crippen LogP contribution >= 0.6 is 11.6 Å². The van der Waals surface area contributed by atoms with Crippen molar-refractivity contribution in [1.82, 2.24) is 20.0 Å². The minimum Gasteiger partial charge on any atom is -0.361 e. The second-order valence-corrected chi connectivity index (χ2v) is 6.69. The minimum atomic E-state index is -0.343. The highest BCUT2D eigenvalue weighted by Gasteiger charge is 2.21. The van der Waals surface area contributed by atoms with Gasteiger partial charge >= 0.3 is 0 Å². The lowest BCUT2D eigenvalue weighted by molar-refractivity contribution is -0.121. The monoisotopic (exact) mass is 372 g/mol. The van der Waals surface area contributed by atoms with E-state index in [0.29, 0.717) is 17.9 Å². The zero-order valence-electron chi connectivity index (χ0n) is 15.0. The number of halogens is 1. The van der Waals surface area contributed by atoms with Gasteiger partial charge in [0.05, 0.1) is 5.69 Å². The van der Waals surface area contributed by atoms with E-state index in [9.17, 15) is 4.79 Å². The Bertz CT molecular complexity index is 879. The van der Waals surface area contributed by atoms with E-state index in [4.69, 9.17) is 16.1 Å². The molecule has 0 spiro atoms. The van der Waals surface area contributed by atoms with E-state index >= 15 is 0 Å². The molecule has 0 bridgehead atoms. The first-order valence-electron chi connectivity index (χ1n) is 8.39. The Hall–Kier alpha value is -2.60. The molecular weight excluding hydrogens is 352 g/mol. The molecule has 1 amide bonds. The van der Waals surface area contributed by atoms with Crippen molar-refractivity contribution < 1.29 is 9.32 Å². The van der Waals surface area contributed by atoms with Gasteiger partial charge in [0.15, 0.2) is 0 Å². The van der Waals surface area contributed by atoms with E-state index in [1.165, 1.54) is 0 Å². The number of hydrogen-bond donors (Lipinski definition) is 1. The molecule has 0 aliphatic rings. The third-order valence-corrected chi connectivity index (χ3v) is 4.66. The van der Waals surface area contributed by atoms with Crippen LogP contribution in [0.2, 0.25) is 5.02 Å². The maximum absolute atomic E-state index is 12.6. The third kappa shape index (κ3) is 3.96. The van der Waals surface area contributed by atoms with E-state index < -0.39 is 0 Å². The van der Waals surface area contributed by atoms with Crippen LogP contribution in [0.1, 0.15) is 40.9 Å². The van der Waals surface area contributed by atoms with Gasteiger partial charge in [-0.3, -0.25) is 4.79 Å². The van der Waals surface area contributed by atoms with Crippen LogP contribution in [0.25, 0.3) is 0 Å². The molecule has 3 rings (SSSR count). The Morgan fingerprint density at radius 2 is 2.04 bits per heavy atom. The van der Waals surface area contributed by atoms with Gasteiger partial charge < -0.3 is 14.4 Å². The highest BCUT2D eigenvalue weighted by Crippen LogP contribution is 2.23. The van der Waals surface area contributed by atoms with E-state index in [1.54, 1.807) is 6.20 Å². The molecular formula is C19H21ClN4O2. The number of aryl methyl sites for hydroxylation is 3. The Kier molecular flexibility index (Phi) is 5.42. The quantitative estimate of drug-likeness (QED) is 0.718. The molecule has 0 unspecified atom stereocenters. The molecule has 1 atom stereocenters. The SMILES string of the molecule is Cc1noc(C)c1CCC(=O)N[C@@H](c1ccc(Cl)cc1)c1nccn1C. The fourth-order valence-corrected chi connectivity index (χ4v) is 3.06. The summed E-state index contributed by atoms with van der Waals surface area (Å²) in [5.74, 6) is 1.46. The Balaban J connectivity index is 1.76. The van der Waals surface area contributed by atoms with Gasteiger partial charge in [-0.1, -0.05) is 28.9 Å². The number of carbonyl (C=O) groups excluding carboxylic acids is 1. The number of benzene rings is 1. The van der Waals surface area contributed by atoms with Crippen molar-refractivity contribution in [3.63, 3.8) is 0 Å². The molecule has 1 aromatic carbocycles. The predicted molar refractivity (Wildman–Crippen MR) is 98.9 cm³/mol. The smallest absolute Gasteiger partial charge is 0.221 e. The summed E-state index contributed by atoms with van der Waals surface area (Å²) >= 11 is 5.99. The molecule has 0 saturated heterocycles. The number of imidazole rings is 1. The van der Waals surface area contributed by atoms with Crippen LogP contribution in [-0.4, -0.2) is 20.6 Å². The number of amides is 1. The molecule has 0 fully saturated rings. The standard InChI is InChI=1S/C19H21ClN4O2/c1-12-16(13(2)26-23-12)8-9-17(25)22-18(19-21-10-11-24(19)3)14-4-6-15(20)7-5-14/h4-7,10-11,18H,8-9H2,1-3H3,(H,22,25)/t18-/m0/s1. The summed E-state index contributed by atoms with van der Waals surface area (Å²) < 4.78 is 7.05. The molecule has 1 N–H and O–H groups in total. The average molecular weight is 373 g/mol. The molecule has 0 aliphatic carbocycles. The lowest BCUT2D eigenvalue weighted by Crippen LogP contribution is -2.31. The number of aromatic nitrogens is 3. The number of hydrogen-bond acceptors (Lipinski definition) is 4. The summed E-state index contributed by atoms with van der Waals surface area (Å²) in [5.41, 5.74) is 2.74. The van der Waals surface area contributed by atoms with Gasteiger partial charge in [-0.25, -0.2) is 4.98 Å². The van der Waals surface area contributed by atoms with Gasteiger partial charge in [0.1, 0.15) is 17.6 Å². The molecule has 6 nitrogen and oxygen atoms in total. The van der Waals surface area contributed by atoms with Crippen LogP contribution in [0.4, 0.5) is 0 Å². The second kappa shape index (κ2) is 7.74. The normalized spacial score (nSPS) is 12.2. The maximum atomic E-state index is 12.6. The van der Waals surface area contributed by atoms with Crippen LogP contribution in [0, 0.1) is 13.8 Å². The second-order valence-electron chi connectivity index (χ2n) is 6.25. The minimum absolute atomic E-state index is 0.0621. The third-order valence-electron chi connectivity index (χ3n) is 4.41. The van der Waals surface area contributed by atoms with Crippen molar-refractivity contribution in [1.29, 1.82) is 0 Å². The van der Waals surface area contributed by atoms with Gasteiger partial charge in [-0.2, -0.15) is 0 Å². The number of nitrogens with one attached hydrogen (secondary N) is 1. The van der Waals surface area contributed by atoms with Crippen LogP contribution in [0.3, 0.4) is 0 Å². The van der Waals surface area contributed by atoms with Gasteiger partial charge in [0.25, 0.3) is 0 Å². The van der Waals surface area contributed by atoms with Crippen molar-refractivity contribution >= 4 is 17.5 Å². The van der Waals surface area contributed by atoms with Crippen LogP contribution in [-0.2, 0) is 18.3 Å². The van der Waals surface area contributed by atoms with Crippen LogP contribution in [0.5, 0.6) is 0 Å². The van der Waals surface area contributed by atoms with E-state index in [2.05, 4.69) is 15.5 Å². The molecule has 2 heterocycles. The van der Waals surface area contributed by atoms with Crippen molar-refractivity contribution in [2.24, 2.45) is 7.05 Å². The topological polar surface area (TPSA) is 73.0 Å².